The quantitative estimate of drug-likeness (QED) is 0.912. The summed E-state index contributed by atoms with van der Waals surface area (Å²) in [6.45, 7) is 1.50. The fourth-order valence-electron chi connectivity index (χ4n) is 1.55. The molecule has 0 fully saturated rings. The number of aromatic amines is 1. The van der Waals surface area contributed by atoms with Crippen molar-refractivity contribution in [1.29, 1.82) is 0 Å². The van der Waals surface area contributed by atoms with Crippen LogP contribution < -0.4 is 10.3 Å². The molecular formula is C12H9F3N2O2. The molecule has 0 aliphatic heterocycles. The van der Waals surface area contributed by atoms with Gasteiger partial charge in [-0.25, -0.2) is 5.10 Å². The number of ether oxygens (including phenoxy) is 1. The number of nitrogens with zero attached hydrogens (tertiary/aromatic N) is 1. The molecule has 1 aromatic carbocycles. The predicted octanol–water partition coefficient (Wildman–Crippen LogP) is 2.64. The molecular weight excluding hydrogens is 261 g/mol. The lowest BCUT2D eigenvalue weighted by Crippen LogP contribution is -2.17. The molecule has 2 rings (SSSR count). The van der Waals surface area contributed by atoms with Gasteiger partial charge in [0.25, 0.3) is 5.56 Å². The maximum absolute atomic E-state index is 12.1. The van der Waals surface area contributed by atoms with Crippen molar-refractivity contribution in [2.75, 3.05) is 0 Å². The van der Waals surface area contributed by atoms with Gasteiger partial charge in [0, 0.05) is 11.6 Å². The minimum Gasteiger partial charge on any atom is -0.406 e. The summed E-state index contributed by atoms with van der Waals surface area (Å²) in [4.78, 5) is 10.9. The Kier molecular flexibility index (Phi) is 3.28. The van der Waals surface area contributed by atoms with Gasteiger partial charge in [0.15, 0.2) is 0 Å². The van der Waals surface area contributed by atoms with Crippen molar-refractivity contribution in [3.05, 3.63) is 46.2 Å². The molecule has 1 aromatic heterocycles. The fourth-order valence-corrected chi connectivity index (χ4v) is 1.55. The van der Waals surface area contributed by atoms with E-state index in [0.29, 0.717) is 16.8 Å². The number of H-pyrrole nitrogens is 1. The van der Waals surface area contributed by atoms with E-state index in [1.165, 1.54) is 37.3 Å². The summed E-state index contributed by atoms with van der Waals surface area (Å²) in [5.74, 6) is -0.263. The van der Waals surface area contributed by atoms with Gasteiger partial charge in [-0.3, -0.25) is 4.79 Å². The molecule has 19 heavy (non-hydrogen) atoms. The maximum atomic E-state index is 12.1. The van der Waals surface area contributed by atoms with Gasteiger partial charge in [0.1, 0.15) is 5.75 Å². The van der Waals surface area contributed by atoms with Gasteiger partial charge in [-0.1, -0.05) is 0 Å². The molecule has 0 radical (unpaired) electrons. The topological polar surface area (TPSA) is 55.0 Å². The number of hydrogen-bond acceptors (Lipinski definition) is 3. The van der Waals surface area contributed by atoms with E-state index in [1.54, 1.807) is 0 Å². The molecule has 0 aliphatic carbocycles. The van der Waals surface area contributed by atoms with Crippen molar-refractivity contribution in [3.8, 4) is 17.0 Å². The second-order valence-corrected chi connectivity index (χ2v) is 3.83. The number of hydrogen-bond donors (Lipinski definition) is 1. The predicted molar refractivity (Wildman–Crippen MR) is 61.7 cm³/mol. The van der Waals surface area contributed by atoms with Crippen molar-refractivity contribution in [2.24, 2.45) is 0 Å². The van der Waals surface area contributed by atoms with Crippen LogP contribution in [-0.4, -0.2) is 16.6 Å². The Morgan fingerprint density at radius 2 is 1.95 bits per heavy atom. The molecule has 4 nitrogen and oxygen atoms in total. The largest absolute Gasteiger partial charge is 0.573 e. The lowest BCUT2D eigenvalue weighted by molar-refractivity contribution is -0.274. The van der Waals surface area contributed by atoms with E-state index in [1.807, 2.05) is 0 Å². The summed E-state index contributed by atoms with van der Waals surface area (Å²) in [7, 11) is 0. The number of halogens is 3. The van der Waals surface area contributed by atoms with Crippen molar-refractivity contribution in [1.82, 2.24) is 10.2 Å². The van der Waals surface area contributed by atoms with Crippen LogP contribution in [0.4, 0.5) is 13.2 Å². The zero-order valence-electron chi connectivity index (χ0n) is 9.78. The summed E-state index contributed by atoms with van der Waals surface area (Å²) in [5, 5.41) is 6.05. The maximum Gasteiger partial charge on any atom is 0.573 e. The van der Waals surface area contributed by atoms with E-state index in [4.69, 9.17) is 0 Å². The number of benzene rings is 1. The van der Waals surface area contributed by atoms with Crippen molar-refractivity contribution >= 4 is 0 Å². The van der Waals surface area contributed by atoms with Crippen LogP contribution in [0.5, 0.6) is 5.75 Å². The lowest BCUT2D eigenvalue weighted by Gasteiger charge is -2.12. The summed E-state index contributed by atoms with van der Waals surface area (Å²) in [6.07, 6.45) is -4.72. The number of rotatable bonds is 2. The highest BCUT2D eigenvalue weighted by Gasteiger charge is 2.31. The number of nitrogens with one attached hydrogen (secondary N) is 1. The first-order chi connectivity index (χ1) is 8.85. The van der Waals surface area contributed by atoms with E-state index < -0.39 is 6.36 Å². The second kappa shape index (κ2) is 4.75. The van der Waals surface area contributed by atoms with Gasteiger partial charge < -0.3 is 4.74 Å². The minimum absolute atomic E-state index is 0.263. The van der Waals surface area contributed by atoms with E-state index in [0.717, 1.165) is 0 Å². The summed E-state index contributed by atoms with van der Waals surface area (Å²) >= 11 is 0. The van der Waals surface area contributed by atoms with E-state index >= 15 is 0 Å². The van der Waals surface area contributed by atoms with Crippen LogP contribution in [0.15, 0.2) is 35.1 Å². The van der Waals surface area contributed by atoms with Crippen LogP contribution in [0.3, 0.4) is 0 Å². The number of aryl methyl sites for hydroxylation is 1. The Balaban J connectivity index is 2.33. The Morgan fingerprint density at radius 3 is 2.47 bits per heavy atom. The second-order valence-electron chi connectivity index (χ2n) is 3.83. The Bertz CT molecular complexity index is 630. The first kappa shape index (κ1) is 13.1. The van der Waals surface area contributed by atoms with Gasteiger partial charge >= 0.3 is 6.36 Å². The SMILES string of the molecule is Cc1cc(-c2ccc(=O)[nH]n2)ccc1OC(F)(F)F. The van der Waals surface area contributed by atoms with Crippen molar-refractivity contribution in [2.45, 2.75) is 13.3 Å². The van der Waals surface area contributed by atoms with Crippen LogP contribution in [0, 0.1) is 6.92 Å². The summed E-state index contributed by atoms with van der Waals surface area (Å²) in [5.41, 5.74) is 1.02. The molecule has 0 saturated carbocycles. The first-order valence-electron chi connectivity index (χ1n) is 5.28. The van der Waals surface area contributed by atoms with Gasteiger partial charge in [-0.15, -0.1) is 13.2 Å². The number of alkyl halides is 3. The summed E-state index contributed by atoms with van der Waals surface area (Å²) in [6, 6.07) is 6.93. The van der Waals surface area contributed by atoms with E-state index in [-0.39, 0.29) is 11.3 Å². The molecule has 0 atom stereocenters. The average molecular weight is 270 g/mol. The smallest absolute Gasteiger partial charge is 0.406 e. The molecule has 7 heteroatoms. The van der Waals surface area contributed by atoms with E-state index in [9.17, 15) is 18.0 Å². The molecule has 0 bridgehead atoms. The highest BCUT2D eigenvalue weighted by molar-refractivity contribution is 5.61. The van der Waals surface area contributed by atoms with E-state index in [2.05, 4.69) is 14.9 Å². The average Bonchev–Trinajstić information content (AvgIpc) is 2.31. The van der Waals surface area contributed by atoms with Crippen molar-refractivity contribution < 1.29 is 17.9 Å². The van der Waals surface area contributed by atoms with Crippen LogP contribution >= 0.6 is 0 Å². The van der Waals surface area contributed by atoms with Gasteiger partial charge in [-0.05, 0) is 36.8 Å². The minimum atomic E-state index is -4.72. The van der Waals surface area contributed by atoms with Crippen LogP contribution in [0.1, 0.15) is 5.56 Å². The molecule has 2 aromatic rings. The Labute approximate surface area is 105 Å². The standard InChI is InChI=1S/C12H9F3N2O2/c1-7-6-8(9-3-5-11(18)17-16-9)2-4-10(7)19-12(13,14)15/h2-6H,1H3,(H,17,18). The van der Waals surface area contributed by atoms with Crippen molar-refractivity contribution in [3.63, 3.8) is 0 Å². The van der Waals surface area contributed by atoms with Crippen LogP contribution in [-0.2, 0) is 0 Å². The van der Waals surface area contributed by atoms with Gasteiger partial charge in [0.2, 0.25) is 0 Å². The molecule has 0 unspecified atom stereocenters. The van der Waals surface area contributed by atoms with Gasteiger partial charge in [-0.2, -0.15) is 5.10 Å². The molecule has 0 spiro atoms. The van der Waals surface area contributed by atoms with Crippen LogP contribution in [0.25, 0.3) is 11.3 Å². The third-order valence-corrected chi connectivity index (χ3v) is 2.38. The molecule has 1 N–H and O–H groups in total. The molecule has 0 amide bonds. The highest BCUT2D eigenvalue weighted by atomic mass is 19.4. The molecule has 0 aliphatic rings. The van der Waals surface area contributed by atoms with Gasteiger partial charge in [0.05, 0.1) is 5.69 Å². The normalized spacial score (nSPS) is 11.4. The Hall–Kier alpha value is -2.31. The molecule has 1 heterocycles. The number of aromatic nitrogens is 2. The Morgan fingerprint density at radius 1 is 1.21 bits per heavy atom. The third-order valence-electron chi connectivity index (χ3n) is 2.38. The lowest BCUT2D eigenvalue weighted by atomic mass is 10.1. The van der Waals surface area contributed by atoms with Crippen LogP contribution in [0.2, 0.25) is 0 Å². The molecule has 0 saturated heterocycles. The highest BCUT2D eigenvalue weighted by Crippen LogP contribution is 2.29. The molecule has 100 valence electrons. The zero-order valence-corrected chi connectivity index (χ0v) is 9.78. The monoisotopic (exact) mass is 270 g/mol. The zero-order chi connectivity index (χ0) is 14.0. The third kappa shape index (κ3) is 3.34. The first-order valence-corrected chi connectivity index (χ1v) is 5.28. The fraction of sp³-hybridized carbons (Fsp3) is 0.167. The summed E-state index contributed by atoms with van der Waals surface area (Å²) < 4.78 is 40.2.